The van der Waals surface area contributed by atoms with Crippen LogP contribution in [0.4, 0.5) is 0 Å². The van der Waals surface area contributed by atoms with Gasteiger partial charge in [-0.3, -0.25) is 18.6 Å². The van der Waals surface area contributed by atoms with E-state index in [0.29, 0.717) is 6.42 Å². The quantitative estimate of drug-likeness (QED) is 0.0264. The van der Waals surface area contributed by atoms with Crippen LogP contribution in [0.1, 0.15) is 335 Å². The highest BCUT2D eigenvalue weighted by Crippen LogP contribution is 2.43. The number of ether oxygens (including phenoxy) is 2. The van der Waals surface area contributed by atoms with Crippen LogP contribution >= 0.6 is 7.82 Å². The van der Waals surface area contributed by atoms with Crippen molar-refractivity contribution in [1.29, 1.82) is 0 Å². The Morgan fingerprint density at radius 3 is 0.943 bits per heavy atom. The molecule has 0 heterocycles. The van der Waals surface area contributed by atoms with E-state index >= 15 is 0 Å². The van der Waals surface area contributed by atoms with Crippen molar-refractivity contribution in [2.45, 2.75) is 341 Å². The zero-order valence-corrected chi connectivity index (χ0v) is 57.4. The van der Waals surface area contributed by atoms with Crippen molar-refractivity contribution >= 4 is 19.8 Å². The topological polar surface area (TPSA) is 134 Å². The van der Waals surface area contributed by atoms with E-state index in [1.165, 1.54) is 205 Å². The normalized spacial score (nSPS) is 13.6. The number of phosphoric ester groups is 1. The van der Waals surface area contributed by atoms with Crippen molar-refractivity contribution < 1.29 is 37.6 Å². The maximum atomic E-state index is 12.8. The fourth-order valence-corrected chi connectivity index (χ4v) is 11.1. The first-order valence-electron chi connectivity index (χ1n) is 36.4. The second-order valence-corrected chi connectivity index (χ2v) is 25.5. The summed E-state index contributed by atoms with van der Waals surface area (Å²) in [5, 5.41) is 0. The van der Waals surface area contributed by atoms with Crippen molar-refractivity contribution in [1.82, 2.24) is 0 Å². The molecule has 2 atom stereocenters. The standard InChI is InChI=1S/C77H136NO8P/c1-3-5-7-9-11-13-15-17-19-21-23-25-27-29-30-31-32-33-34-35-36-37-38-39-40-41-42-43-44-46-48-50-52-54-56-58-60-62-64-66-68-70-77(80)86-75(74-85-87(81,82)84-72-71-78)73-83-76(79)69-67-65-63-61-59-57-55-53-51-49-47-45-28-26-24-22-20-18-16-14-12-10-8-6-4-2/h5,7,11,13,17,19,23,25,29-30,32-33,35-36,38-39,41-42,75H,3-4,6,8-10,12,14-16,18,20-22,24,26-28,31,34,37,40,43-74,78H2,1-2H3,(H,81,82)/b7-5-,13-11-,19-17-,25-23-,30-29-,33-32-,36-35-,39-38-,42-41-. The fourth-order valence-electron chi connectivity index (χ4n) is 10.3. The minimum atomic E-state index is -4.40. The molecule has 0 radical (unpaired) electrons. The Balaban J connectivity index is 3.87. The minimum Gasteiger partial charge on any atom is -0.462 e. The van der Waals surface area contributed by atoms with E-state index in [1.54, 1.807) is 0 Å². The molecule has 9 nitrogen and oxygen atoms in total. The molecule has 0 aromatic heterocycles. The number of unbranched alkanes of at least 4 members (excludes halogenated alkanes) is 37. The first-order chi connectivity index (χ1) is 42.8. The van der Waals surface area contributed by atoms with E-state index < -0.39 is 26.5 Å². The maximum Gasteiger partial charge on any atom is 0.472 e. The highest BCUT2D eigenvalue weighted by atomic mass is 31.2. The van der Waals surface area contributed by atoms with E-state index in [4.69, 9.17) is 24.3 Å². The number of carbonyl (C=O) groups is 2. The molecular weight excluding hydrogens is 1100 g/mol. The predicted molar refractivity (Wildman–Crippen MR) is 376 cm³/mol. The average molecular weight is 1230 g/mol. The number of carbonyl (C=O) groups excluding carboxylic acids is 2. The van der Waals surface area contributed by atoms with Crippen LogP contribution in [-0.2, 0) is 32.7 Å². The Morgan fingerprint density at radius 1 is 0.356 bits per heavy atom. The molecule has 0 rings (SSSR count). The molecule has 2 unspecified atom stereocenters. The molecule has 0 bridgehead atoms. The summed E-state index contributed by atoms with van der Waals surface area (Å²) in [6.45, 7) is 3.68. The Labute approximate surface area is 537 Å². The zero-order valence-electron chi connectivity index (χ0n) is 56.5. The van der Waals surface area contributed by atoms with Crippen LogP contribution in [0.3, 0.4) is 0 Å². The molecule has 0 spiro atoms. The lowest BCUT2D eigenvalue weighted by Crippen LogP contribution is -2.29. The highest BCUT2D eigenvalue weighted by Gasteiger charge is 2.26. The van der Waals surface area contributed by atoms with E-state index in [9.17, 15) is 19.0 Å². The lowest BCUT2D eigenvalue weighted by Gasteiger charge is -2.19. The SMILES string of the molecule is CC/C=C\C/C=C\C/C=C\C/C=C\C/C=C\C/C=C\C/C=C\C/C=C\C/C=C\CCCCCCCCCCCCCCCC(=O)OC(COC(=O)CCCCCCCCCCCCCCCCCCCCCCCCCCC)COP(=O)(O)OCCN. The number of esters is 2. The average Bonchev–Trinajstić information content (AvgIpc) is 3.65. The first kappa shape index (κ1) is 83.7. The number of phosphoric acid groups is 1. The van der Waals surface area contributed by atoms with E-state index in [0.717, 1.165) is 96.3 Å². The van der Waals surface area contributed by atoms with Crippen molar-refractivity contribution in [2.75, 3.05) is 26.4 Å². The van der Waals surface area contributed by atoms with Crippen LogP contribution in [0.15, 0.2) is 109 Å². The summed E-state index contributed by atoms with van der Waals surface area (Å²) in [4.78, 5) is 35.4. The Hall–Kier alpha value is -3.33. The van der Waals surface area contributed by atoms with Gasteiger partial charge in [0.1, 0.15) is 6.61 Å². The number of hydrogen-bond donors (Lipinski definition) is 2. The minimum absolute atomic E-state index is 0.0516. The molecule has 0 aliphatic rings. The van der Waals surface area contributed by atoms with Crippen LogP contribution in [-0.4, -0.2) is 49.3 Å². The summed E-state index contributed by atoms with van der Waals surface area (Å²) in [6.07, 6.45) is 99.0. The monoisotopic (exact) mass is 1230 g/mol. The molecule has 0 aliphatic carbocycles. The van der Waals surface area contributed by atoms with Gasteiger partial charge in [0.05, 0.1) is 13.2 Å². The van der Waals surface area contributed by atoms with Crippen LogP contribution in [0.5, 0.6) is 0 Å². The molecule has 502 valence electrons. The van der Waals surface area contributed by atoms with Gasteiger partial charge in [0.2, 0.25) is 0 Å². The van der Waals surface area contributed by atoms with E-state index in [-0.39, 0.29) is 38.6 Å². The summed E-state index contributed by atoms with van der Waals surface area (Å²) < 4.78 is 33.2. The fraction of sp³-hybridized carbons (Fsp3) is 0.740. The number of rotatable bonds is 68. The van der Waals surface area contributed by atoms with Crippen molar-refractivity contribution in [3.05, 3.63) is 109 Å². The molecule has 0 aromatic carbocycles. The molecule has 0 saturated carbocycles. The van der Waals surface area contributed by atoms with Gasteiger partial charge in [-0.05, 0) is 83.5 Å². The maximum absolute atomic E-state index is 12.8. The molecule has 0 fully saturated rings. The molecule has 0 aliphatic heterocycles. The lowest BCUT2D eigenvalue weighted by atomic mass is 10.0. The summed E-state index contributed by atoms with van der Waals surface area (Å²) >= 11 is 0. The molecule has 0 saturated heterocycles. The van der Waals surface area contributed by atoms with Crippen molar-refractivity contribution in [3.8, 4) is 0 Å². The number of allylic oxidation sites excluding steroid dienone is 18. The van der Waals surface area contributed by atoms with Gasteiger partial charge >= 0.3 is 19.8 Å². The third-order valence-electron chi connectivity index (χ3n) is 15.7. The van der Waals surface area contributed by atoms with Crippen LogP contribution < -0.4 is 5.73 Å². The largest absolute Gasteiger partial charge is 0.472 e. The molecule has 0 amide bonds. The van der Waals surface area contributed by atoms with Gasteiger partial charge in [0.25, 0.3) is 0 Å². The summed E-state index contributed by atoms with van der Waals surface area (Å²) in [7, 11) is -4.40. The molecular formula is C77H136NO8P. The Bertz CT molecular complexity index is 1800. The predicted octanol–water partition coefficient (Wildman–Crippen LogP) is 24.1. The van der Waals surface area contributed by atoms with Crippen LogP contribution in [0, 0.1) is 0 Å². The summed E-state index contributed by atoms with van der Waals surface area (Å²) in [5.41, 5.74) is 5.40. The van der Waals surface area contributed by atoms with Crippen LogP contribution in [0.25, 0.3) is 0 Å². The van der Waals surface area contributed by atoms with Gasteiger partial charge < -0.3 is 20.1 Å². The van der Waals surface area contributed by atoms with Gasteiger partial charge in [-0.25, -0.2) is 4.57 Å². The first-order valence-corrected chi connectivity index (χ1v) is 37.9. The Morgan fingerprint density at radius 2 is 0.632 bits per heavy atom. The molecule has 3 N–H and O–H groups in total. The van der Waals surface area contributed by atoms with E-state index in [2.05, 4.69) is 123 Å². The van der Waals surface area contributed by atoms with Crippen molar-refractivity contribution in [3.63, 3.8) is 0 Å². The summed E-state index contributed by atoms with van der Waals surface area (Å²) in [6, 6.07) is 0. The summed E-state index contributed by atoms with van der Waals surface area (Å²) in [5.74, 6) is -0.817. The highest BCUT2D eigenvalue weighted by molar-refractivity contribution is 7.47. The second-order valence-electron chi connectivity index (χ2n) is 24.1. The van der Waals surface area contributed by atoms with Gasteiger partial charge in [-0.15, -0.1) is 0 Å². The smallest absolute Gasteiger partial charge is 0.462 e. The van der Waals surface area contributed by atoms with Crippen molar-refractivity contribution in [2.24, 2.45) is 5.73 Å². The lowest BCUT2D eigenvalue weighted by molar-refractivity contribution is -0.161. The third-order valence-corrected chi connectivity index (χ3v) is 16.7. The zero-order chi connectivity index (χ0) is 63.0. The van der Waals surface area contributed by atoms with E-state index in [1.807, 2.05) is 0 Å². The van der Waals surface area contributed by atoms with Gasteiger partial charge in [0.15, 0.2) is 6.10 Å². The van der Waals surface area contributed by atoms with Gasteiger partial charge in [-0.2, -0.15) is 0 Å². The second kappa shape index (κ2) is 71.7. The number of nitrogens with two attached hydrogens (primary N) is 1. The Kier molecular flexibility index (Phi) is 69.0. The van der Waals surface area contributed by atoms with Gasteiger partial charge in [0, 0.05) is 19.4 Å². The molecule has 87 heavy (non-hydrogen) atoms. The van der Waals surface area contributed by atoms with Gasteiger partial charge in [-0.1, -0.05) is 348 Å². The number of hydrogen-bond acceptors (Lipinski definition) is 8. The van der Waals surface area contributed by atoms with Crippen LogP contribution in [0.2, 0.25) is 0 Å². The third kappa shape index (κ3) is 71.6. The molecule has 10 heteroatoms. The molecule has 0 aromatic rings.